The van der Waals surface area contributed by atoms with E-state index in [2.05, 4.69) is 11.1 Å². The molecule has 0 aliphatic carbocycles. The lowest BCUT2D eigenvalue weighted by Gasteiger charge is -2.11. The molecule has 0 spiro atoms. The normalized spacial score (nSPS) is 12.8. The van der Waals surface area contributed by atoms with Gasteiger partial charge in [-0.15, -0.1) is 0 Å². The first-order chi connectivity index (χ1) is 9.26. The Morgan fingerprint density at radius 2 is 1.75 bits per heavy atom. The van der Waals surface area contributed by atoms with Gasteiger partial charge in [-0.05, 0) is 19.4 Å². The average molecular weight is 293 g/mol. The first-order valence-corrected chi connectivity index (χ1v) is 6.09. The fraction of sp³-hybridized carbons (Fsp3) is 0.727. The molecule has 0 unspecified atom stereocenters. The second-order valence-corrected chi connectivity index (χ2v) is 3.97. The summed E-state index contributed by atoms with van der Waals surface area (Å²) in [4.78, 5) is 30.3. The zero-order valence-electron chi connectivity index (χ0n) is 11.4. The number of carboxylic acid groups (broad SMARTS) is 2. The van der Waals surface area contributed by atoms with Gasteiger partial charge in [0.05, 0.1) is 6.42 Å². The summed E-state index contributed by atoms with van der Waals surface area (Å²) in [6.45, 7) is 2.55. The first-order valence-electron chi connectivity index (χ1n) is 6.09. The molecule has 0 fully saturated rings. The molecule has 0 rings (SSSR count). The minimum atomic E-state index is -1.21. The van der Waals surface area contributed by atoms with Crippen LogP contribution >= 0.6 is 0 Å². The molecule has 0 radical (unpaired) electrons. The van der Waals surface area contributed by atoms with E-state index in [4.69, 9.17) is 21.1 Å². The monoisotopic (exact) mass is 293 g/mol. The Labute approximate surface area is 116 Å². The smallest absolute Gasteiger partial charge is 0.321 e. The summed E-state index contributed by atoms with van der Waals surface area (Å²) >= 11 is 0. The van der Waals surface area contributed by atoms with E-state index in [1.807, 2.05) is 6.92 Å². The van der Waals surface area contributed by atoms with Crippen molar-refractivity contribution in [3.8, 4) is 0 Å². The molecule has 0 saturated heterocycles. The van der Waals surface area contributed by atoms with Crippen LogP contribution in [-0.4, -0.2) is 58.4 Å². The SMILES string of the molecule is CCCN[C@@H](CCO)C(=O)O.NC(=O)C[C@H](N)C(=O)O. The first kappa shape index (κ1) is 20.6. The second kappa shape index (κ2) is 12.3. The molecular weight excluding hydrogens is 270 g/mol. The third kappa shape index (κ3) is 12.7. The number of hydrogen-bond acceptors (Lipinski definition) is 6. The molecular formula is C11H23N3O6. The molecule has 2 atom stereocenters. The predicted octanol–water partition coefficient (Wildman–Crippen LogP) is -1.90. The Kier molecular flexibility index (Phi) is 12.7. The maximum atomic E-state index is 10.4. The van der Waals surface area contributed by atoms with Crippen molar-refractivity contribution < 1.29 is 29.7 Å². The van der Waals surface area contributed by atoms with Gasteiger partial charge in [0.15, 0.2) is 0 Å². The molecule has 0 aliphatic rings. The minimum absolute atomic E-state index is 0.0896. The third-order valence-corrected chi connectivity index (χ3v) is 2.09. The number of primary amides is 1. The lowest BCUT2D eigenvalue weighted by Crippen LogP contribution is -2.37. The van der Waals surface area contributed by atoms with Crippen LogP contribution in [0.25, 0.3) is 0 Å². The van der Waals surface area contributed by atoms with E-state index >= 15 is 0 Å². The zero-order valence-corrected chi connectivity index (χ0v) is 11.4. The van der Waals surface area contributed by atoms with Gasteiger partial charge in [-0.2, -0.15) is 0 Å². The molecule has 0 bridgehead atoms. The number of aliphatic hydroxyl groups excluding tert-OH is 1. The molecule has 9 heteroatoms. The van der Waals surface area contributed by atoms with Crippen LogP contribution in [0.1, 0.15) is 26.2 Å². The Morgan fingerprint density at radius 3 is 2.00 bits per heavy atom. The Bertz CT molecular complexity index is 311. The van der Waals surface area contributed by atoms with Crippen molar-refractivity contribution in [3.63, 3.8) is 0 Å². The third-order valence-electron chi connectivity index (χ3n) is 2.09. The van der Waals surface area contributed by atoms with Crippen LogP contribution in [0.3, 0.4) is 0 Å². The number of carboxylic acids is 2. The van der Waals surface area contributed by atoms with E-state index in [1.54, 1.807) is 0 Å². The maximum Gasteiger partial charge on any atom is 0.321 e. The summed E-state index contributed by atoms with van der Waals surface area (Å²) in [5.74, 6) is -2.81. The van der Waals surface area contributed by atoms with Crippen LogP contribution in [0.15, 0.2) is 0 Å². The number of amides is 1. The van der Waals surface area contributed by atoms with Crippen molar-refractivity contribution in [2.75, 3.05) is 13.2 Å². The van der Waals surface area contributed by atoms with Gasteiger partial charge in [-0.25, -0.2) is 0 Å². The van der Waals surface area contributed by atoms with Crippen LogP contribution in [-0.2, 0) is 14.4 Å². The highest BCUT2D eigenvalue weighted by Crippen LogP contribution is 1.90. The summed E-state index contributed by atoms with van der Waals surface area (Å²) in [6, 6.07) is -1.76. The van der Waals surface area contributed by atoms with Crippen LogP contribution in [0.5, 0.6) is 0 Å². The van der Waals surface area contributed by atoms with Crippen LogP contribution in [0, 0.1) is 0 Å². The highest BCUT2D eigenvalue weighted by atomic mass is 16.4. The molecule has 8 N–H and O–H groups in total. The van der Waals surface area contributed by atoms with E-state index in [1.165, 1.54) is 0 Å². The Morgan fingerprint density at radius 1 is 1.20 bits per heavy atom. The molecule has 0 heterocycles. The van der Waals surface area contributed by atoms with E-state index in [0.29, 0.717) is 6.54 Å². The Hall–Kier alpha value is -1.71. The molecule has 0 aromatic heterocycles. The van der Waals surface area contributed by atoms with Crippen LogP contribution in [0.2, 0.25) is 0 Å². The highest BCUT2D eigenvalue weighted by Gasteiger charge is 2.14. The van der Waals surface area contributed by atoms with E-state index < -0.39 is 29.9 Å². The molecule has 1 amide bonds. The van der Waals surface area contributed by atoms with E-state index in [-0.39, 0.29) is 19.4 Å². The van der Waals surface area contributed by atoms with E-state index in [0.717, 1.165) is 6.42 Å². The molecule has 20 heavy (non-hydrogen) atoms. The largest absolute Gasteiger partial charge is 0.480 e. The number of carbonyl (C=O) groups is 3. The number of nitrogens with two attached hydrogens (primary N) is 2. The fourth-order valence-electron chi connectivity index (χ4n) is 1.06. The molecule has 0 aliphatic heterocycles. The van der Waals surface area contributed by atoms with Crippen molar-refractivity contribution in [1.29, 1.82) is 0 Å². The summed E-state index contributed by atoms with van der Waals surface area (Å²) in [7, 11) is 0. The fourth-order valence-corrected chi connectivity index (χ4v) is 1.06. The quantitative estimate of drug-likeness (QED) is 0.285. The van der Waals surface area contributed by atoms with Crippen molar-refractivity contribution in [2.45, 2.75) is 38.3 Å². The van der Waals surface area contributed by atoms with Crippen molar-refractivity contribution in [2.24, 2.45) is 11.5 Å². The highest BCUT2D eigenvalue weighted by molar-refractivity contribution is 5.83. The van der Waals surface area contributed by atoms with Crippen molar-refractivity contribution >= 4 is 17.8 Å². The number of carbonyl (C=O) groups excluding carboxylic acids is 1. The van der Waals surface area contributed by atoms with Gasteiger partial charge in [-0.1, -0.05) is 6.92 Å². The topological polar surface area (TPSA) is 176 Å². The lowest BCUT2D eigenvalue weighted by molar-refractivity contribution is -0.140. The van der Waals surface area contributed by atoms with Gasteiger partial charge < -0.3 is 32.1 Å². The lowest BCUT2D eigenvalue weighted by atomic mass is 10.2. The molecule has 0 saturated carbocycles. The standard InChI is InChI=1S/C7H15NO3.C4H8N2O3/c1-2-4-8-6(3-5-9)7(10)11;5-2(4(8)9)1-3(6)7/h6,8-9H,2-5H2,1H3,(H,10,11);2H,1,5H2,(H2,6,7)(H,8,9)/t6-;2-/m00/s1. The van der Waals surface area contributed by atoms with E-state index in [9.17, 15) is 14.4 Å². The number of rotatable bonds is 9. The second-order valence-electron chi connectivity index (χ2n) is 3.97. The Balaban J connectivity index is 0. The summed E-state index contributed by atoms with van der Waals surface area (Å²) in [6.07, 6.45) is 0.861. The zero-order chi connectivity index (χ0) is 16.1. The molecule has 0 aromatic rings. The van der Waals surface area contributed by atoms with Gasteiger partial charge in [0, 0.05) is 6.61 Å². The molecule has 0 aromatic carbocycles. The predicted molar refractivity (Wildman–Crippen MR) is 70.8 cm³/mol. The van der Waals surface area contributed by atoms with Crippen LogP contribution in [0.4, 0.5) is 0 Å². The van der Waals surface area contributed by atoms with Gasteiger partial charge in [0.1, 0.15) is 12.1 Å². The van der Waals surface area contributed by atoms with Gasteiger partial charge in [0.2, 0.25) is 5.91 Å². The number of hydrogen-bond donors (Lipinski definition) is 6. The maximum absolute atomic E-state index is 10.4. The van der Waals surface area contributed by atoms with Gasteiger partial charge in [0.25, 0.3) is 0 Å². The number of aliphatic carboxylic acids is 2. The average Bonchev–Trinajstić information content (AvgIpc) is 2.34. The van der Waals surface area contributed by atoms with Gasteiger partial charge >= 0.3 is 11.9 Å². The number of aliphatic hydroxyl groups is 1. The summed E-state index contributed by atoms with van der Waals surface area (Å²) in [5, 5.41) is 27.9. The molecule has 118 valence electrons. The van der Waals surface area contributed by atoms with Crippen molar-refractivity contribution in [1.82, 2.24) is 5.32 Å². The van der Waals surface area contributed by atoms with Gasteiger partial charge in [-0.3, -0.25) is 14.4 Å². The summed E-state index contributed by atoms with van der Waals surface area (Å²) in [5.41, 5.74) is 9.57. The summed E-state index contributed by atoms with van der Waals surface area (Å²) < 4.78 is 0. The minimum Gasteiger partial charge on any atom is -0.480 e. The molecule has 9 nitrogen and oxygen atoms in total. The number of nitrogens with one attached hydrogen (secondary N) is 1. The van der Waals surface area contributed by atoms with Crippen LogP contribution < -0.4 is 16.8 Å². The van der Waals surface area contributed by atoms with Crippen molar-refractivity contribution in [3.05, 3.63) is 0 Å².